The molecule has 1 amide bonds. The molecule has 0 aliphatic carbocycles. The minimum atomic E-state index is -0.523. The van der Waals surface area contributed by atoms with Crippen LogP contribution in [0, 0.1) is 5.92 Å². The number of aliphatic hydroxyl groups excluding tert-OH is 1. The number of hydrogen-bond acceptors (Lipinski definition) is 7. The fourth-order valence-electron chi connectivity index (χ4n) is 6.44. The van der Waals surface area contributed by atoms with Gasteiger partial charge in [0, 0.05) is 57.4 Å². The summed E-state index contributed by atoms with van der Waals surface area (Å²) in [6, 6.07) is 24.5. The Balaban J connectivity index is 1.22. The second-order valence-corrected chi connectivity index (χ2v) is 11.9. The van der Waals surface area contributed by atoms with Crippen molar-refractivity contribution < 1.29 is 28.8 Å². The maximum atomic E-state index is 11.5. The Morgan fingerprint density at radius 1 is 0.930 bits per heavy atom. The summed E-state index contributed by atoms with van der Waals surface area (Å²) in [5.74, 6) is -0.336. The maximum Gasteiger partial charge on any atom is 0.217 e. The molecule has 2 N–H and O–H groups in total. The summed E-state index contributed by atoms with van der Waals surface area (Å²) in [6.45, 7) is 8.20. The number of nitrogens with zero attached hydrogens (tertiary/aromatic N) is 1. The summed E-state index contributed by atoms with van der Waals surface area (Å²) in [5, 5.41) is 12.5. The van der Waals surface area contributed by atoms with E-state index in [0.29, 0.717) is 19.8 Å². The summed E-state index contributed by atoms with van der Waals surface area (Å²) in [7, 11) is 0. The van der Waals surface area contributed by atoms with Gasteiger partial charge in [0.05, 0.1) is 32.0 Å². The number of carbonyl (C=O) groups is 1. The van der Waals surface area contributed by atoms with Crippen molar-refractivity contribution in [1.82, 2.24) is 10.2 Å². The predicted molar refractivity (Wildman–Crippen MR) is 163 cm³/mol. The monoisotopic (exact) mass is 586 g/mol. The van der Waals surface area contributed by atoms with Crippen LogP contribution in [0.5, 0.6) is 0 Å². The number of hydrogen-bond donors (Lipinski definition) is 2. The second kappa shape index (κ2) is 13.3. The van der Waals surface area contributed by atoms with E-state index in [1.54, 1.807) is 0 Å². The summed E-state index contributed by atoms with van der Waals surface area (Å²) in [4.78, 5) is 14.0. The Bertz CT molecular complexity index is 1360. The highest BCUT2D eigenvalue weighted by molar-refractivity contribution is 5.74. The van der Waals surface area contributed by atoms with Gasteiger partial charge in [-0.1, -0.05) is 79.7 Å². The van der Waals surface area contributed by atoms with E-state index >= 15 is 0 Å². The van der Waals surface area contributed by atoms with Crippen molar-refractivity contribution in [1.29, 1.82) is 0 Å². The van der Waals surface area contributed by atoms with E-state index < -0.39 is 12.1 Å². The number of rotatable bonds is 8. The first kappa shape index (κ1) is 29.9. The Kier molecular flexibility index (Phi) is 9.23. The lowest BCUT2D eigenvalue weighted by atomic mass is 9.89. The largest absolute Gasteiger partial charge is 0.392 e. The molecule has 4 atom stereocenters. The average molecular weight is 587 g/mol. The van der Waals surface area contributed by atoms with Crippen LogP contribution >= 0.6 is 0 Å². The van der Waals surface area contributed by atoms with E-state index in [2.05, 4.69) is 59.6 Å². The van der Waals surface area contributed by atoms with Crippen molar-refractivity contribution in [2.45, 2.75) is 64.1 Å². The van der Waals surface area contributed by atoms with Gasteiger partial charge >= 0.3 is 0 Å². The van der Waals surface area contributed by atoms with E-state index in [4.69, 9.17) is 18.9 Å². The number of piperidine rings is 1. The lowest BCUT2D eigenvalue weighted by Gasteiger charge is -2.44. The quantitative estimate of drug-likeness (QED) is 0.379. The Morgan fingerprint density at radius 2 is 1.60 bits per heavy atom. The number of carbonyl (C=O) groups excluding carboxylic acids is 1. The number of benzene rings is 3. The number of aliphatic hydroxyl groups is 1. The number of ether oxygens (including phenoxy) is 4. The molecule has 6 rings (SSSR count). The zero-order chi connectivity index (χ0) is 29.8. The minimum Gasteiger partial charge on any atom is -0.392 e. The zero-order valence-corrected chi connectivity index (χ0v) is 25.0. The highest BCUT2D eigenvalue weighted by Gasteiger charge is 2.43. The van der Waals surface area contributed by atoms with Crippen LogP contribution < -0.4 is 5.32 Å². The van der Waals surface area contributed by atoms with Gasteiger partial charge in [0.15, 0.2) is 12.1 Å². The summed E-state index contributed by atoms with van der Waals surface area (Å²) < 4.78 is 25.3. The molecule has 3 aromatic rings. The second-order valence-electron chi connectivity index (χ2n) is 11.9. The van der Waals surface area contributed by atoms with Crippen LogP contribution in [-0.2, 0) is 36.9 Å². The molecule has 3 aliphatic rings. The number of nitrogens with one attached hydrogen (secondary N) is 1. The Morgan fingerprint density at radius 3 is 2.28 bits per heavy atom. The van der Waals surface area contributed by atoms with Crippen LogP contribution in [0.15, 0.2) is 72.8 Å². The third-order valence-electron chi connectivity index (χ3n) is 9.03. The first-order valence-corrected chi connectivity index (χ1v) is 15.4. The molecule has 0 saturated carbocycles. The van der Waals surface area contributed by atoms with Gasteiger partial charge < -0.3 is 34.3 Å². The molecule has 228 valence electrons. The highest BCUT2D eigenvalue weighted by Crippen LogP contribution is 2.43. The normalized spacial score (nSPS) is 25.6. The van der Waals surface area contributed by atoms with Gasteiger partial charge in [0.2, 0.25) is 5.91 Å². The van der Waals surface area contributed by atoms with Gasteiger partial charge in [-0.05, 0) is 27.8 Å². The van der Waals surface area contributed by atoms with Crippen molar-refractivity contribution in [3.63, 3.8) is 0 Å². The van der Waals surface area contributed by atoms with Crippen molar-refractivity contribution in [2.75, 3.05) is 32.8 Å². The van der Waals surface area contributed by atoms with Gasteiger partial charge in [-0.2, -0.15) is 0 Å². The van der Waals surface area contributed by atoms with Crippen LogP contribution in [0.2, 0.25) is 0 Å². The molecule has 0 radical (unpaired) electrons. The molecule has 0 bridgehead atoms. The summed E-state index contributed by atoms with van der Waals surface area (Å²) >= 11 is 0. The van der Waals surface area contributed by atoms with Gasteiger partial charge in [0.25, 0.3) is 0 Å². The molecular weight excluding hydrogens is 544 g/mol. The molecule has 8 nitrogen and oxygen atoms in total. The standard InChI is InChI=1S/C35H42N2O6/c1-24-32(22-37-17-15-35(16-18-37)40-19-20-41-35)42-34(43-33(24)28-9-7-26(23-38)8-10-28)29-13-11-27(12-14-29)31-6-4-3-5-30(31)21-36-25(2)39/h3-14,24,32-34,38H,15-23H2,1-2H3,(H,36,39)/t24-,32+,33+,34+/m1/s1. The Hall–Kier alpha value is -3.11. The van der Waals surface area contributed by atoms with Crippen LogP contribution in [0.4, 0.5) is 0 Å². The van der Waals surface area contributed by atoms with E-state index in [1.165, 1.54) is 6.92 Å². The highest BCUT2D eigenvalue weighted by atomic mass is 16.7. The van der Waals surface area contributed by atoms with Crippen LogP contribution in [0.1, 0.15) is 61.3 Å². The molecule has 0 unspecified atom stereocenters. The van der Waals surface area contributed by atoms with Gasteiger partial charge in [0.1, 0.15) is 0 Å². The minimum absolute atomic E-state index is 0.0138. The van der Waals surface area contributed by atoms with Crippen molar-refractivity contribution in [3.8, 4) is 11.1 Å². The smallest absolute Gasteiger partial charge is 0.217 e. The van der Waals surface area contributed by atoms with Crippen molar-refractivity contribution >= 4 is 5.91 Å². The summed E-state index contributed by atoms with van der Waals surface area (Å²) in [5.41, 5.74) is 6.14. The van der Waals surface area contributed by atoms with E-state index in [1.807, 2.05) is 30.3 Å². The molecule has 43 heavy (non-hydrogen) atoms. The van der Waals surface area contributed by atoms with Gasteiger partial charge in [-0.15, -0.1) is 0 Å². The fraction of sp³-hybridized carbons (Fsp3) is 0.457. The molecule has 3 aliphatic heterocycles. The van der Waals surface area contributed by atoms with Crippen molar-refractivity contribution in [2.24, 2.45) is 5.92 Å². The Labute approximate surface area is 253 Å². The number of amides is 1. The van der Waals surface area contributed by atoms with Crippen LogP contribution in [0.3, 0.4) is 0 Å². The molecule has 3 heterocycles. The molecular formula is C35H42N2O6. The van der Waals surface area contributed by atoms with Crippen LogP contribution in [0.25, 0.3) is 11.1 Å². The molecule has 1 spiro atoms. The molecule has 8 heteroatoms. The van der Waals surface area contributed by atoms with Crippen molar-refractivity contribution in [3.05, 3.63) is 95.1 Å². The first-order chi connectivity index (χ1) is 20.9. The molecule has 3 fully saturated rings. The zero-order valence-electron chi connectivity index (χ0n) is 25.0. The van der Waals surface area contributed by atoms with E-state index in [-0.39, 0.29) is 30.6 Å². The third-order valence-corrected chi connectivity index (χ3v) is 9.03. The lowest BCUT2D eigenvalue weighted by Crippen LogP contribution is -2.50. The maximum absolute atomic E-state index is 11.5. The SMILES string of the molecule is CC(=O)NCc1ccccc1-c1ccc([C@H]2O[C@@H](CN3CCC4(CC3)OCCO4)[C@@H](C)[C@@H](c3ccc(CO)cc3)O2)cc1. The molecule has 3 saturated heterocycles. The van der Waals surface area contributed by atoms with Crippen LogP contribution in [-0.4, -0.2) is 60.7 Å². The molecule has 0 aromatic heterocycles. The van der Waals surface area contributed by atoms with Gasteiger partial charge in [-0.3, -0.25) is 4.79 Å². The summed E-state index contributed by atoms with van der Waals surface area (Å²) in [6.07, 6.45) is 1.01. The predicted octanol–water partition coefficient (Wildman–Crippen LogP) is 5.11. The average Bonchev–Trinajstić information content (AvgIpc) is 3.50. The molecule has 3 aromatic carbocycles. The first-order valence-electron chi connectivity index (χ1n) is 15.4. The fourth-order valence-corrected chi connectivity index (χ4v) is 6.44. The van der Waals surface area contributed by atoms with E-state index in [0.717, 1.165) is 65.9 Å². The topological polar surface area (TPSA) is 89.5 Å². The lowest BCUT2D eigenvalue weighted by molar-refractivity contribution is -0.278. The van der Waals surface area contributed by atoms with E-state index in [9.17, 15) is 9.90 Å². The van der Waals surface area contributed by atoms with Gasteiger partial charge in [-0.25, -0.2) is 0 Å². The number of likely N-dealkylation sites (tertiary alicyclic amines) is 1. The third kappa shape index (κ3) is 6.85.